The molecule has 0 saturated heterocycles. The molecule has 2 rings (SSSR count). The minimum absolute atomic E-state index is 0.875. The van der Waals surface area contributed by atoms with Crippen molar-refractivity contribution in [1.82, 2.24) is 19.9 Å². The van der Waals surface area contributed by atoms with Crippen LogP contribution in [0, 0.1) is 27.7 Å². The van der Waals surface area contributed by atoms with Crippen molar-refractivity contribution in [2.45, 2.75) is 27.7 Å². The molecular weight excluding hydrogens is 248 g/mol. The average Bonchev–Trinajstić information content (AvgIpc) is 2.44. The zero-order valence-electron chi connectivity index (χ0n) is 12.5. The Balaban J connectivity index is 0.000000200. The van der Waals surface area contributed by atoms with Gasteiger partial charge < -0.3 is 0 Å². The van der Waals surface area contributed by atoms with Crippen LogP contribution in [0.25, 0.3) is 12.2 Å². The summed E-state index contributed by atoms with van der Waals surface area (Å²) < 4.78 is 0. The van der Waals surface area contributed by atoms with Gasteiger partial charge >= 0.3 is 0 Å². The van der Waals surface area contributed by atoms with Gasteiger partial charge in [-0.25, -0.2) is 0 Å². The first-order valence-corrected chi connectivity index (χ1v) is 6.33. The van der Waals surface area contributed by atoms with Crippen LogP contribution in [0.15, 0.2) is 25.6 Å². The van der Waals surface area contributed by atoms with E-state index in [0.29, 0.717) is 0 Å². The number of hydrogen-bond donors (Lipinski definition) is 0. The van der Waals surface area contributed by atoms with Gasteiger partial charge in [0.25, 0.3) is 0 Å². The molecule has 0 aliphatic carbocycles. The van der Waals surface area contributed by atoms with Crippen LogP contribution in [0.5, 0.6) is 0 Å². The minimum atomic E-state index is 0.875. The van der Waals surface area contributed by atoms with Gasteiger partial charge in [-0.1, -0.05) is 13.2 Å². The molecule has 20 heavy (non-hydrogen) atoms. The van der Waals surface area contributed by atoms with Crippen molar-refractivity contribution in [1.29, 1.82) is 0 Å². The Bertz CT molecular complexity index is 562. The van der Waals surface area contributed by atoms with Crippen molar-refractivity contribution in [2.24, 2.45) is 0 Å². The third kappa shape index (κ3) is 4.39. The summed E-state index contributed by atoms with van der Waals surface area (Å²) in [5.41, 5.74) is 5.47. The summed E-state index contributed by atoms with van der Waals surface area (Å²) in [4.78, 5) is 16.7. The number of hydrogen-bond acceptors (Lipinski definition) is 4. The quantitative estimate of drug-likeness (QED) is 0.836. The van der Waals surface area contributed by atoms with E-state index in [9.17, 15) is 0 Å². The first-order valence-electron chi connectivity index (χ1n) is 6.33. The van der Waals surface area contributed by atoms with Crippen molar-refractivity contribution in [3.05, 3.63) is 59.7 Å². The molecule has 4 heteroatoms. The normalized spacial score (nSPS) is 9.40. The van der Waals surface area contributed by atoms with Crippen molar-refractivity contribution in [3.63, 3.8) is 0 Å². The van der Waals surface area contributed by atoms with E-state index >= 15 is 0 Å². The molecule has 0 aliphatic rings. The second-order valence-electron chi connectivity index (χ2n) is 4.37. The molecule has 2 aromatic rings. The molecule has 0 saturated carbocycles. The van der Waals surface area contributed by atoms with Crippen LogP contribution in [-0.2, 0) is 0 Å². The predicted octanol–water partition coefficient (Wildman–Crippen LogP) is 3.47. The van der Waals surface area contributed by atoms with Gasteiger partial charge in [0.05, 0.1) is 34.2 Å². The minimum Gasteiger partial charge on any atom is -0.257 e. The summed E-state index contributed by atoms with van der Waals surface area (Å²) in [5.74, 6) is 0. The summed E-state index contributed by atoms with van der Waals surface area (Å²) in [6.07, 6.45) is 6.94. The zero-order chi connectivity index (χ0) is 15.1. The van der Waals surface area contributed by atoms with Crippen LogP contribution in [0.4, 0.5) is 0 Å². The maximum absolute atomic E-state index is 4.21. The second kappa shape index (κ2) is 7.28. The van der Waals surface area contributed by atoms with Gasteiger partial charge in [0.1, 0.15) is 0 Å². The van der Waals surface area contributed by atoms with Crippen LogP contribution in [0.1, 0.15) is 34.2 Å². The van der Waals surface area contributed by atoms with Crippen LogP contribution in [-0.4, -0.2) is 19.9 Å². The molecule has 0 amide bonds. The van der Waals surface area contributed by atoms with E-state index < -0.39 is 0 Å². The summed E-state index contributed by atoms with van der Waals surface area (Å²) in [6, 6.07) is 0. The Morgan fingerprint density at radius 2 is 1.10 bits per heavy atom. The summed E-state index contributed by atoms with van der Waals surface area (Å²) in [6.45, 7) is 14.9. The van der Waals surface area contributed by atoms with E-state index in [4.69, 9.17) is 0 Å². The topological polar surface area (TPSA) is 51.6 Å². The maximum Gasteiger partial charge on any atom is 0.0839 e. The molecule has 104 valence electrons. The molecule has 4 nitrogen and oxygen atoms in total. The molecule has 2 aromatic heterocycles. The van der Waals surface area contributed by atoms with E-state index in [-0.39, 0.29) is 0 Å². The van der Waals surface area contributed by atoms with Crippen LogP contribution < -0.4 is 0 Å². The Kier molecular flexibility index (Phi) is 5.72. The average molecular weight is 268 g/mol. The molecule has 0 aromatic carbocycles. The third-order valence-corrected chi connectivity index (χ3v) is 2.61. The monoisotopic (exact) mass is 268 g/mol. The molecule has 0 bridgehead atoms. The van der Waals surface area contributed by atoms with E-state index in [1.807, 2.05) is 27.7 Å². The first-order chi connectivity index (χ1) is 9.47. The van der Waals surface area contributed by atoms with Gasteiger partial charge in [0, 0.05) is 12.4 Å². The smallest absolute Gasteiger partial charge is 0.0839 e. The van der Waals surface area contributed by atoms with Crippen LogP contribution in [0.3, 0.4) is 0 Å². The molecule has 2 heterocycles. The Labute approximate surface area is 120 Å². The Hall–Kier alpha value is -2.36. The summed E-state index contributed by atoms with van der Waals surface area (Å²) in [7, 11) is 0. The highest BCUT2D eigenvalue weighted by Crippen LogP contribution is 2.03. The first kappa shape index (κ1) is 15.7. The molecule has 0 spiro atoms. The number of aromatic nitrogens is 4. The second-order valence-corrected chi connectivity index (χ2v) is 4.37. The van der Waals surface area contributed by atoms with Gasteiger partial charge in [-0.15, -0.1) is 0 Å². The number of aryl methyl sites for hydroxylation is 4. The number of rotatable bonds is 2. The van der Waals surface area contributed by atoms with Gasteiger partial charge in [0.2, 0.25) is 0 Å². The molecule has 0 unspecified atom stereocenters. The lowest BCUT2D eigenvalue weighted by Crippen LogP contribution is -1.92. The fourth-order valence-corrected chi connectivity index (χ4v) is 1.50. The lowest BCUT2D eigenvalue weighted by atomic mass is 10.3. The highest BCUT2D eigenvalue weighted by atomic mass is 14.8. The molecule has 0 atom stereocenters. The predicted molar refractivity (Wildman–Crippen MR) is 83.2 cm³/mol. The van der Waals surface area contributed by atoms with Crippen molar-refractivity contribution < 1.29 is 0 Å². The van der Waals surface area contributed by atoms with Gasteiger partial charge in [-0.05, 0) is 39.8 Å². The molecule has 0 aliphatic heterocycles. The lowest BCUT2D eigenvalue weighted by molar-refractivity contribution is 1.05. The van der Waals surface area contributed by atoms with E-state index in [1.54, 1.807) is 24.5 Å². The molecule has 0 N–H and O–H groups in total. The summed E-state index contributed by atoms with van der Waals surface area (Å²) >= 11 is 0. The standard InChI is InChI=1S/2C8H10N2/c2*1-4-8-7(3)9-5-6(2)10-8/h2*4-5H,1H2,2-3H3. The fraction of sp³-hybridized carbons (Fsp3) is 0.250. The zero-order valence-corrected chi connectivity index (χ0v) is 12.5. The van der Waals surface area contributed by atoms with Gasteiger partial charge in [-0.2, -0.15) is 0 Å². The molecular formula is C16H20N4. The molecule has 0 radical (unpaired) electrons. The van der Waals surface area contributed by atoms with Crippen molar-refractivity contribution in [3.8, 4) is 0 Å². The number of nitrogens with zero attached hydrogens (tertiary/aromatic N) is 4. The highest BCUT2D eigenvalue weighted by Gasteiger charge is 1.95. The van der Waals surface area contributed by atoms with Gasteiger partial charge in [-0.3, -0.25) is 19.9 Å². The Morgan fingerprint density at radius 1 is 0.750 bits per heavy atom. The van der Waals surface area contributed by atoms with E-state index in [2.05, 4.69) is 33.1 Å². The SMILES string of the molecule is C=Cc1nc(C)cnc1C.C=Cc1nc(C)cnc1C. The molecule has 0 fully saturated rings. The van der Waals surface area contributed by atoms with Crippen LogP contribution >= 0.6 is 0 Å². The fourth-order valence-electron chi connectivity index (χ4n) is 1.50. The van der Waals surface area contributed by atoms with Crippen molar-refractivity contribution >= 4 is 12.2 Å². The lowest BCUT2D eigenvalue weighted by Gasteiger charge is -1.97. The van der Waals surface area contributed by atoms with E-state index in [0.717, 1.165) is 34.2 Å². The van der Waals surface area contributed by atoms with Gasteiger partial charge in [0.15, 0.2) is 0 Å². The largest absolute Gasteiger partial charge is 0.257 e. The summed E-state index contributed by atoms with van der Waals surface area (Å²) in [5, 5.41) is 0. The van der Waals surface area contributed by atoms with Crippen molar-refractivity contribution in [2.75, 3.05) is 0 Å². The Morgan fingerprint density at radius 3 is 1.35 bits per heavy atom. The van der Waals surface area contributed by atoms with Crippen LogP contribution in [0.2, 0.25) is 0 Å². The van der Waals surface area contributed by atoms with E-state index in [1.165, 1.54) is 0 Å². The maximum atomic E-state index is 4.21. The highest BCUT2D eigenvalue weighted by molar-refractivity contribution is 5.44. The third-order valence-electron chi connectivity index (χ3n) is 2.61.